The van der Waals surface area contributed by atoms with Gasteiger partial charge in [-0.2, -0.15) is 0 Å². The Morgan fingerprint density at radius 1 is 1.05 bits per heavy atom. The van der Waals surface area contributed by atoms with E-state index < -0.39 is 0 Å². The molecule has 2 fully saturated rings. The van der Waals surface area contributed by atoms with Crippen LogP contribution in [0.15, 0.2) is 24.3 Å². The monoisotopic (exact) mass is 320 g/mol. The Hall–Kier alpha value is -1.06. The minimum atomic E-state index is 0. The number of hydrogen-bond acceptors (Lipinski definition) is 2. The van der Waals surface area contributed by atoms with Crippen molar-refractivity contribution in [2.24, 2.45) is 23.5 Å². The molecule has 120 valence electrons. The van der Waals surface area contributed by atoms with E-state index in [-0.39, 0.29) is 18.3 Å². The fourth-order valence-electron chi connectivity index (χ4n) is 4.74. The maximum atomic E-state index is 12.9. The Bertz CT molecular complexity index is 523. The summed E-state index contributed by atoms with van der Waals surface area (Å²) >= 11 is 0. The molecule has 2 atom stereocenters. The third kappa shape index (κ3) is 2.65. The molecule has 2 unspecified atom stereocenters. The molecular weight excluding hydrogens is 296 g/mol. The number of fused-ring (bicyclic) bond motifs is 3. The predicted octanol–water partition coefficient (Wildman–Crippen LogP) is 3.10. The smallest absolute Gasteiger partial charge is 0.226 e. The minimum Gasteiger partial charge on any atom is -0.334 e. The van der Waals surface area contributed by atoms with Crippen LogP contribution in [-0.4, -0.2) is 16.8 Å². The molecule has 0 spiro atoms. The Labute approximate surface area is 138 Å². The van der Waals surface area contributed by atoms with E-state index in [1.807, 2.05) is 0 Å². The second-order valence-electron chi connectivity index (χ2n) is 7.16. The molecule has 1 aromatic carbocycles. The maximum Gasteiger partial charge on any atom is 0.226 e. The SMILES string of the molecule is Cl.NC1C2CCCC1CC(C(=O)N1Cc3ccccc3C1)C2. The number of benzene rings is 1. The zero-order valence-electron chi connectivity index (χ0n) is 12.9. The average Bonchev–Trinajstić information content (AvgIpc) is 2.90. The summed E-state index contributed by atoms with van der Waals surface area (Å²) in [6.07, 6.45) is 5.79. The van der Waals surface area contributed by atoms with Gasteiger partial charge in [-0.25, -0.2) is 0 Å². The van der Waals surface area contributed by atoms with Crippen LogP contribution in [-0.2, 0) is 17.9 Å². The van der Waals surface area contributed by atoms with Crippen LogP contribution in [0.1, 0.15) is 43.2 Å². The summed E-state index contributed by atoms with van der Waals surface area (Å²) in [7, 11) is 0. The van der Waals surface area contributed by atoms with E-state index in [1.54, 1.807) is 0 Å². The lowest BCUT2D eigenvalue weighted by molar-refractivity contribution is -0.139. The van der Waals surface area contributed by atoms with Gasteiger partial charge in [0.25, 0.3) is 0 Å². The lowest BCUT2D eigenvalue weighted by atomic mass is 9.65. The van der Waals surface area contributed by atoms with Crippen molar-refractivity contribution < 1.29 is 4.79 Å². The van der Waals surface area contributed by atoms with Gasteiger partial charge in [0.2, 0.25) is 5.91 Å². The molecule has 0 saturated heterocycles. The molecule has 2 aliphatic carbocycles. The van der Waals surface area contributed by atoms with Crippen molar-refractivity contribution in [1.82, 2.24) is 4.90 Å². The third-order valence-corrected chi connectivity index (χ3v) is 5.91. The fraction of sp³-hybridized carbons (Fsp3) is 0.611. The van der Waals surface area contributed by atoms with E-state index in [0.29, 0.717) is 23.8 Å². The predicted molar refractivity (Wildman–Crippen MR) is 89.5 cm³/mol. The van der Waals surface area contributed by atoms with Crippen LogP contribution in [0, 0.1) is 17.8 Å². The van der Waals surface area contributed by atoms with Gasteiger partial charge < -0.3 is 10.6 Å². The Morgan fingerprint density at radius 3 is 2.14 bits per heavy atom. The van der Waals surface area contributed by atoms with Gasteiger partial charge in [0.1, 0.15) is 0 Å². The first kappa shape index (κ1) is 15.8. The van der Waals surface area contributed by atoms with Crippen molar-refractivity contribution in [2.45, 2.75) is 51.2 Å². The Kier molecular flexibility index (Phi) is 4.47. The number of hydrogen-bond donors (Lipinski definition) is 1. The van der Waals surface area contributed by atoms with Crippen LogP contribution in [0.2, 0.25) is 0 Å². The van der Waals surface area contributed by atoms with Crippen LogP contribution < -0.4 is 5.73 Å². The lowest BCUT2D eigenvalue weighted by Gasteiger charge is -2.44. The molecule has 4 heteroatoms. The molecule has 22 heavy (non-hydrogen) atoms. The number of nitrogens with two attached hydrogens (primary N) is 1. The minimum absolute atomic E-state index is 0. The molecule has 4 rings (SSSR count). The summed E-state index contributed by atoms with van der Waals surface area (Å²) in [4.78, 5) is 14.9. The van der Waals surface area contributed by atoms with E-state index in [2.05, 4.69) is 29.2 Å². The summed E-state index contributed by atoms with van der Waals surface area (Å²) in [5, 5.41) is 0. The number of amides is 1. The number of carbonyl (C=O) groups is 1. The zero-order chi connectivity index (χ0) is 14.4. The van der Waals surface area contributed by atoms with Crippen molar-refractivity contribution >= 4 is 18.3 Å². The first-order valence-electron chi connectivity index (χ1n) is 8.33. The maximum absolute atomic E-state index is 12.9. The molecular formula is C18H25ClN2O. The van der Waals surface area contributed by atoms with E-state index in [0.717, 1.165) is 25.9 Å². The average molecular weight is 321 g/mol. The lowest BCUT2D eigenvalue weighted by Crippen LogP contribution is -2.49. The van der Waals surface area contributed by atoms with Gasteiger partial charge in [0.15, 0.2) is 0 Å². The van der Waals surface area contributed by atoms with Crippen molar-refractivity contribution in [1.29, 1.82) is 0 Å². The van der Waals surface area contributed by atoms with Crippen molar-refractivity contribution in [3.63, 3.8) is 0 Å². The molecule has 2 N–H and O–H groups in total. The highest BCUT2D eigenvalue weighted by Crippen LogP contribution is 2.43. The molecule has 2 bridgehead atoms. The topological polar surface area (TPSA) is 46.3 Å². The molecule has 0 radical (unpaired) electrons. The highest BCUT2D eigenvalue weighted by molar-refractivity contribution is 5.85. The molecule has 3 nitrogen and oxygen atoms in total. The van der Waals surface area contributed by atoms with E-state index in [9.17, 15) is 4.79 Å². The summed E-state index contributed by atoms with van der Waals surface area (Å²) in [6.45, 7) is 1.60. The van der Waals surface area contributed by atoms with Crippen LogP contribution in [0.4, 0.5) is 0 Å². The molecule has 3 aliphatic rings. The summed E-state index contributed by atoms with van der Waals surface area (Å²) < 4.78 is 0. The number of halogens is 1. The quantitative estimate of drug-likeness (QED) is 0.864. The first-order chi connectivity index (χ1) is 10.2. The number of rotatable bonds is 1. The van der Waals surface area contributed by atoms with Crippen molar-refractivity contribution in [3.05, 3.63) is 35.4 Å². The standard InChI is InChI=1S/C18H24N2O.ClH/c19-17-12-6-3-7-13(17)9-16(8-12)18(21)20-10-14-4-1-2-5-15(14)11-20;/h1-2,4-5,12-13,16-17H,3,6-11,19H2;1H. The van der Waals surface area contributed by atoms with Gasteiger partial charge in [-0.1, -0.05) is 30.7 Å². The Morgan fingerprint density at radius 2 is 1.59 bits per heavy atom. The normalized spacial score (nSPS) is 33.0. The fourth-order valence-corrected chi connectivity index (χ4v) is 4.74. The van der Waals surface area contributed by atoms with Gasteiger partial charge in [-0.3, -0.25) is 4.79 Å². The van der Waals surface area contributed by atoms with Gasteiger partial charge in [-0.05, 0) is 48.6 Å². The molecule has 1 aromatic rings. The molecule has 1 heterocycles. The van der Waals surface area contributed by atoms with Crippen molar-refractivity contribution in [3.8, 4) is 0 Å². The van der Waals surface area contributed by atoms with E-state index in [4.69, 9.17) is 5.73 Å². The van der Waals surface area contributed by atoms with Gasteiger partial charge in [-0.15, -0.1) is 12.4 Å². The summed E-state index contributed by atoms with van der Waals surface area (Å²) in [5.41, 5.74) is 8.98. The van der Waals surface area contributed by atoms with Gasteiger partial charge in [0, 0.05) is 25.0 Å². The highest BCUT2D eigenvalue weighted by atomic mass is 35.5. The summed E-state index contributed by atoms with van der Waals surface area (Å²) in [5.74, 6) is 1.75. The third-order valence-electron chi connectivity index (χ3n) is 5.91. The second kappa shape index (κ2) is 6.21. The molecule has 2 saturated carbocycles. The number of nitrogens with zero attached hydrogens (tertiary/aromatic N) is 1. The van der Waals surface area contributed by atoms with Crippen molar-refractivity contribution in [2.75, 3.05) is 0 Å². The van der Waals surface area contributed by atoms with Gasteiger partial charge >= 0.3 is 0 Å². The molecule has 0 aromatic heterocycles. The first-order valence-corrected chi connectivity index (χ1v) is 8.33. The van der Waals surface area contributed by atoms with E-state index >= 15 is 0 Å². The van der Waals surface area contributed by atoms with Crippen LogP contribution in [0.3, 0.4) is 0 Å². The zero-order valence-corrected chi connectivity index (χ0v) is 13.7. The molecule has 1 aliphatic heterocycles. The highest BCUT2D eigenvalue weighted by Gasteiger charge is 2.42. The van der Waals surface area contributed by atoms with Gasteiger partial charge in [0.05, 0.1) is 0 Å². The van der Waals surface area contributed by atoms with Crippen LogP contribution in [0.25, 0.3) is 0 Å². The second-order valence-corrected chi connectivity index (χ2v) is 7.16. The Balaban J connectivity index is 0.00000144. The van der Waals surface area contributed by atoms with Crippen LogP contribution in [0.5, 0.6) is 0 Å². The van der Waals surface area contributed by atoms with Crippen LogP contribution >= 0.6 is 12.4 Å². The summed E-state index contributed by atoms with van der Waals surface area (Å²) in [6, 6.07) is 8.77. The molecule has 1 amide bonds. The largest absolute Gasteiger partial charge is 0.334 e. The number of carbonyl (C=O) groups excluding carboxylic acids is 1. The van der Waals surface area contributed by atoms with E-state index in [1.165, 1.54) is 30.4 Å².